The van der Waals surface area contributed by atoms with E-state index in [2.05, 4.69) is 63.6 Å². The van der Waals surface area contributed by atoms with Crippen LogP contribution in [0.15, 0.2) is 109 Å². The molecule has 1 atom stereocenters. The van der Waals surface area contributed by atoms with Crippen molar-refractivity contribution >= 4 is 34.2 Å². The number of rotatable bonds is 12. The Morgan fingerprint density at radius 2 is 1.58 bits per heavy atom. The van der Waals surface area contributed by atoms with E-state index in [4.69, 9.17) is 4.74 Å². The van der Waals surface area contributed by atoms with E-state index in [1.807, 2.05) is 54.6 Å². The molecule has 0 aromatic heterocycles. The number of phenolic OH excluding ortho intramolecular Hbond substituents is 1. The molecule has 2 fully saturated rings. The van der Waals surface area contributed by atoms with Crippen molar-refractivity contribution < 1.29 is 24.2 Å². The molecular weight excluding hydrogens is 665 g/mol. The molecule has 5 aromatic carbocycles. The number of carbonyl (C=O) groups is 3. The van der Waals surface area contributed by atoms with Crippen molar-refractivity contribution in [1.29, 1.82) is 0 Å². The van der Waals surface area contributed by atoms with Crippen LogP contribution in [0.1, 0.15) is 42.5 Å². The van der Waals surface area contributed by atoms with Gasteiger partial charge in [0, 0.05) is 50.9 Å². The van der Waals surface area contributed by atoms with Gasteiger partial charge in [0.2, 0.25) is 11.8 Å². The van der Waals surface area contributed by atoms with E-state index in [0.717, 1.165) is 96.4 Å². The SMILES string of the molecule is CN(C(=O)c1ccc(N2CCN(CCCCCOc3ccc(-c4c(-c5ccccc5)ccc5cc(O)ccc45)cc3)CC2)cc1)C1CCC(=O)NC1=O. The Balaban J connectivity index is 0.840. The topological polar surface area (TPSA) is 102 Å². The number of unbranched alkanes of at least 4 members (excludes halogenated alkanes) is 2. The van der Waals surface area contributed by atoms with Crippen LogP contribution in [0, 0.1) is 0 Å². The molecule has 9 heteroatoms. The number of carbonyl (C=O) groups excluding carboxylic acids is 3. The fourth-order valence-electron chi connectivity index (χ4n) is 7.45. The molecule has 1 unspecified atom stereocenters. The number of hydrogen-bond donors (Lipinski definition) is 2. The molecule has 2 heterocycles. The van der Waals surface area contributed by atoms with Gasteiger partial charge in [-0.25, -0.2) is 0 Å². The number of benzene rings is 5. The number of nitrogens with zero attached hydrogens (tertiary/aromatic N) is 3. The van der Waals surface area contributed by atoms with Gasteiger partial charge in [-0.05, 0) is 114 Å². The van der Waals surface area contributed by atoms with Gasteiger partial charge in [-0.2, -0.15) is 0 Å². The smallest absolute Gasteiger partial charge is 0.254 e. The summed E-state index contributed by atoms with van der Waals surface area (Å²) in [6, 6.07) is 35.5. The van der Waals surface area contributed by atoms with Crippen molar-refractivity contribution in [2.75, 3.05) is 51.3 Å². The Labute approximate surface area is 310 Å². The summed E-state index contributed by atoms with van der Waals surface area (Å²) in [5.41, 5.74) is 6.17. The summed E-state index contributed by atoms with van der Waals surface area (Å²) in [4.78, 5) is 43.0. The Morgan fingerprint density at radius 3 is 2.32 bits per heavy atom. The number of piperidine rings is 1. The average Bonchev–Trinajstić information content (AvgIpc) is 3.19. The summed E-state index contributed by atoms with van der Waals surface area (Å²) in [6.45, 7) is 5.58. The minimum absolute atomic E-state index is 0.225. The Morgan fingerprint density at radius 1 is 0.830 bits per heavy atom. The molecule has 3 amide bonds. The maximum absolute atomic E-state index is 13.0. The lowest BCUT2D eigenvalue weighted by atomic mass is 9.90. The summed E-state index contributed by atoms with van der Waals surface area (Å²) in [7, 11) is 1.62. The van der Waals surface area contributed by atoms with E-state index in [-0.39, 0.29) is 24.0 Å². The van der Waals surface area contributed by atoms with Crippen molar-refractivity contribution in [3.63, 3.8) is 0 Å². The number of likely N-dealkylation sites (N-methyl/N-ethyl adjacent to an activating group) is 1. The maximum Gasteiger partial charge on any atom is 0.254 e. The summed E-state index contributed by atoms with van der Waals surface area (Å²) < 4.78 is 6.14. The number of nitrogens with one attached hydrogen (secondary N) is 1. The zero-order valence-electron chi connectivity index (χ0n) is 30.2. The molecule has 0 aliphatic carbocycles. The first kappa shape index (κ1) is 35.7. The molecule has 5 aromatic rings. The first-order chi connectivity index (χ1) is 25.8. The third kappa shape index (κ3) is 8.36. The van der Waals surface area contributed by atoms with Gasteiger partial charge in [0.1, 0.15) is 17.5 Å². The van der Waals surface area contributed by atoms with E-state index in [0.29, 0.717) is 18.6 Å². The van der Waals surface area contributed by atoms with Gasteiger partial charge in [-0.1, -0.05) is 60.7 Å². The number of anilines is 1. The third-order valence-corrected chi connectivity index (χ3v) is 10.5. The number of aromatic hydroxyl groups is 1. The quantitative estimate of drug-likeness (QED) is 0.105. The highest BCUT2D eigenvalue weighted by molar-refractivity contribution is 6.05. The van der Waals surface area contributed by atoms with Crippen LogP contribution in [-0.2, 0) is 9.59 Å². The molecule has 2 saturated heterocycles. The number of fused-ring (bicyclic) bond motifs is 1. The second kappa shape index (κ2) is 16.3. The van der Waals surface area contributed by atoms with Crippen LogP contribution in [0.2, 0.25) is 0 Å². The molecule has 9 nitrogen and oxygen atoms in total. The second-order valence-corrected chi connectivity index (χ2v) is 14.0. The Hall–Kier alpha value is -5.67. The van der Waals surface area contributed by atoms with Crippen LogP contribution < -0.4 is 15.0 Å². The lowest BCUT2D eigenvalue weighted by Crippen LogP contribution is -2.52. The third-order valence-electron chi connectivity index (χ3n) is 10.5. The van der Waals surface area contributed by atoms with E-state index < -0.39 is 11.9 Å². The lowest BCUT2D eigenvalue weighted by Gasteiger charge is -2.36. The van der Waals surface area contributed by atoms with E-state index in [9.17, 15) is 19.5 Å². The van der Waals surface area contributed by atoms with Crippen molar-refractivity contribution in [1.82, 2.24) is 15.1 Å². The highest BCUT2D eigenvalue weighted by Crippen LogP contribution is 2.39. The first-order valence-electron chi connectivity index (χ1n) is 18.6. The highest BCUT2D eigenvalue weighted by atomic mass is 16.5. The maximum atomic E-state index is 13.0. The highest BCUT2D eigenvalue weighted by Gasteiger charge is 2.32. The predicted molar refractivity (Wildman–Crippen MR) is 209 cm³/mol. The number of amides is 3. The van der Waals surface area contributed by atoms with E-state index in [1.165, 1.54) is 4.90 Å². The van der Waals surface area contributed by atoms with Crippen LogP contribution in [0.5, 0.6) is 11.5 Å². The van der Waals surface area contributed by atoms with Gasteiger partial charge in [-0.3, -0.25) is 24.6 Å². The zero-order chi connectivity index (χ0) is 36.7. The molecule has 53 heavy (non-hydrogen) atoms. The van der Waals surface area contributed by atoms with Gasteiger partial charge >= 0.3 is 0 Å². The molecule has 2 aliphatic heterocycles. The first-order valence-corrected chi connectivity index (χ1v) is 18.6. The summed E-state index contributed by atoms with van der Waals surface area (Å²) >= 11 is 0. The van der Waals surface area contributed by atoms with Crippen LogP contribution in [0.4, 0.5) is 5.69 Å². The second-order valence-electron chi connectivity index (χ2n) is 14.0. The van der Waals surface area contributed by atoms with Crippen LogP contribution in [0.3, 0.4) is 0 Å². The van der Waals surface area contributed by atoms with Crippen molar-refractivity contribution in [2.45, 2.75) is 38.1 Å². The van der Waals surface area contributed by atoms with Gasteiger partial charge < -0.3 is 19.6 Å². The van der Waals surface area contributed by atoms with Gasteiger partial charge in [0.15, 0.2) is 0 Å². The molecule has 0 radical (unpaired) electrons. The Kier molecular flexibility index (Phi) is 11.0. The summed E-state index contributed by atoms with van der Waals surface area (Å²) in [5, 5.41) is 14.5. The van der Waals surface area contributed by atoms with Crippen molar-refractivity contribution in [3.8, 4) is 33.8 Å². The minimum Gasteiger partial charge on any atom is -0.508 e. The largest absolute Gasteiger partial charge is 0.508 e. The summed E-state index contributed by atoms with van der Waals surface area (Å²) in [5.74, 6) is 0.193. The molecule has 0 spiro atoms. The normalized spacial score (nSPS) is 16.4. The number of hydrogen-bond acceptors (Lipinski definition) is 7. The van der Waals surface area contributed by atoms with Gasteiger partial charge in [-0.15, -0.1) is 0 Å². The van der Waals surface area contributed by atoms with Gasteiger partial charge in [0.25, 0.3) is 5.91 Å². The predicted octanol–water partition coefficient (Wildman–Crippen LogP) is 7.13. The number of phenols is 1. The average molecular weight is 711 g/mol. The molecule has 2 aliphatic rings. The lowest BCUT2D eigenvalue weighted by molar-refractivity contribution is -0.136. The van der Waals surface area contributed by atoms with Crippen molar-refractivity contribution in [2.24, 2.45) is 0 Å². The molecular formula is C44H46N4O5. The van der Waals surface area contributed by atoms with Crippen LogP contribution in [0.25, 0.3) is 33.0 Å². The van der Waals surface area contributed by atoms with E-state index >= 15 is 0 Å². The monoisotopic (exact) mass is 710 g/mol. The molecule has 0 saturated carbocycles. The zero-order valence-corrected chi connectivity index (χ0v) is 30.2. The van der Waals surface area contributed by atoms with Gasteiger partial charge in [0.05, 0.1) is 6.61 Å². The Bertz CT molecular complexity index is 2060. The molecule has 272 valence electrons. The fraction of sp³-hybridized carbons (Fsp3) is 0.295. The number of piperazine rings is 1. The summed E-state index contributed by atoms with van der Waals surface area (Å²) in [6.07, 6.45) is 3.80. The fourth-order valence-corrected chi connectivity index (χ4v) is 7.45. The van der Waals surface area contributed by atoms with E-state index in [1.54, 1.807) is 13.1 Å². The number of ether oxygens (including phenoxy) is 1. The van der Waals surface area contributed by atoms with Crippen LogP contribution >= 0.6 is 0 Å². The van der Waals surface area contributed by atoms with Crippen molar-refractivity contribution in [3.05, 3.63) is 115 Å². The minimum atomic E-state index is -0.632. The standard InChI is InChI=1S/C44H46N4O5/c1-46(40-22-23-41(50)45-43(40)51)44(52)33-10-15-35(16-11-33)48-27-25-47(26-28-48)24-6-3-7-29-53-37-18-12-32(13-19-37)42-38(31-8-4-2-5-9-31)20-14-34-30-36(49)17-21-39(34)42/h2,4-5,8-21,30,40,49H,3,6-7,22-29H2,1H3,(H,45,50,51). The molecule has 2 N–H and O–H groups in total. The molecule has 0 bridgehead atoms. The van der Waals surface area contributed by atoms with Crippen LogP contribution in [-0.4, -0.2) is 85.0 Å². The number of imide groups is 1. The molecule has 7 rings (SSSR count).